The van der Waals surface area contributed by atoms with Gasteiger partial charge in [0.25, 0.3) is 0 Å². The third-order valence-electron chi connectivity index (χ3n) is 2.24. The molecule has 4 heteroatoms. The molecule has 0 amide bonds. The number of alkyl halides is 3. The Bertz CT molecular complexity index is 331. The molecule has 1 aromatic carbocycles. The summed E-state index contributed by atoms with van der Waals surface area (Å²) >= 11 is 0. The van der Waals surface area contributed by atoms with Gasteiger partial charge in [-0.25, -0.2) is 0 Å². The average molecular weight is 203 g/mol. The molecule has 0 heterocycles. The van der Waals surface area contributed by atoms with Gasteiger partial charge in [0, 0.05) is 0 Å². The van der Waals surface area contributed by atoms with Crippen molar-refractivity contribution in [3.63, 3.8) is 0 Å². The molecule has 1 rings (SSSR count). The van der Waals surface area contributed by atoms with Crippen molar-refractivity contribution < 1.29 is 13.2 Å². The van der Waals surface area contributed by atoms with Gasteiger partial charge in [0.15, 0.2) is 0 Å². The molecule has 0 bridgehead atoms. The second kappa shape index (κ2) is 3.61. The number of rotatable bonds is 1. The summed E-state index contributed by atoms with van der Waals surface area (Å²) in [6, 6.07) is 2.66. The molecule has 1 atom stereocenters. The zero-order valence-electron chi connectivity index (χ0n) is 8.02. The van der Waals surface area contributed by atoms with Crippen LogP contribution in [0.4, 0.5) is 13.2 Å². The Morgan fingerprint density at radius 1 is 1.14 bits per heavy atom. The monoisotopic (exact) mass is 203 g/mol. The van der Waals surface area contributed by atoms with Gasteiger partial charge in [0.1, 0.15) is 6.04 Å². The highest BCUT2D eigenvalue weighted by Crippen LogP contribution is 2.30. The number of aryl methyl sites for hydroxylation is 2. The fourth-order valence-electron chi connectivity index (χ4n) is 1.15. The zero-order chi connectivity index (χ0) is 10.9. The molecule has 0 aliphatic heterocycles. The molecule has 78 valence electrons. The Kier molecular flexibility index (Phi) is 2.85. The van der Waals surface area contributed by atoms with Crippen LogP contribution in [0, 0.1) is 13.8 Å². The molecule has 1 nitrogen and oxygen atoms in total. The quantitative estimate of drug-likeness (QED) is 0.746. The van der Waals surface area contributed by atoms with Crippen molar-refractivity contribution in [1.82, 2.24) is 0 Å². The first kappa shape index (κ1) is 11.0. The summed E-state index contributed by atoms with van der Waals surface area (Å²) in [5, 5.41) is 0. The number of benzene rings is 1. The normalized spacial score (nSPS) is 14.1. The predicted octanol–water partition coefficient (Wildman–Crippen LogP) is 2.87. The molecule has 0 aliphatic rings. The number of nitrogens with two attached hydrogens (primary N) is 1. The van der Waals surface area contributed by atoms with Crippen molar-refractivity contribution in [2.24, 2.45) is 5.73 Å². The highest BCUT2D eigenvalue weighted by molar-refractivity contribution is 5.32. The third kappa shape index (κ3) is 2.26. The Morgan fingerprint density at radius 3 is 2.14 bits per heavy atom. The van der Waals surface area contributed by atoms with Gasteiger partial charge in [-0.2, -0.15) is 13.2 Å². The van der Waals surface area contributed by atoms with E-state index < -0.39 is 12.2 Å². The number of hydrogen-bond acceptors (Lipinski definition) is 1. The summed E-state index contributed by atoms with van der Waals surface area (Å²) in [5.74, 6) is 0. The van der Waals surface area contributed by atoms with E-state index in [-0.39, 0.29) is 5.56 Å². The zero-order valence-corrected chi connectivity index (χ0v) is 8.02. The van der Waals surface area contributed by atoms with E-state index in [2.05, 4.69) is 0 Å². The Labute approximate surface area is 80.7 Å². The standard InChI is InChI=1S/C10H12F3N/c1-6-3-4-8(5-7(6)2)9(14)10(11,12)13/h3-5,9H,14H2,1-2H3/t9-/m1/s1. The highest BCUT2D eigenvalue weighted by atomic mass is 19.4. The van der Waals surface area contributed by atoms with Crippen molar-refractivity contribution in [1.29, 1.82) is 0 Å². The van der Waals surface area contributed by atoms with Crippen molar-refractivity contribution in [2.45, 2.75) is 26.1 Å². The molecule has 0 saturated carbocycles. The molecule has 0 aromatic heterocycles. The minimum absolute atomic E-state index is 0.112. The maximum Gasteiger partial charge on any atom is 0.407 e. The van der Waals surface area contributed by atoms with Crippen LogP contribution in [-0.4, -0.2) is 6.18 Å². The van der Waals surface area contributed by atoms with Gasteiger partial charge in [-0.3, -0.25) is 0 Å². The number of hydrogen-bond donors (Lipinski definition) is 1. The molecule has 1 aromatic rings. The lowest BCUT2D eigenvalue weighted by Crippen LogP contribution is -2.28. The van der Waals surface area contributed by atoms with Crippen LogP contribution in [0.1, 0.15) is 22.7 Å². The first-order chi connectivity index (χ1) is 6.32. The van der Waals surface area contributed by atoms with Crippen LogP contribution in [0.3, 0.4) is 0 Å². The van der Waals surface area contributed by atoms with Crippen LogP contribution in [0.25, 0.3) is 0 Å². The van der Waals surface area contributed by atoms with Crippen LogP contribution in [0.2, 0.25) is 0 Å². The molecule has 0 radical (unpaired) electrons. The molecule has 0 saturated heterocycles. The summed E-state index contributed by atoms with van der Waals surface area (Å²) in [6.45, 7) is 3.61. The van der Waals surface area contributed by atoms with E-state index in [1.54, 1.807) is 13.0 Å². The SMILES string of the molecule is Cc1ccc([C@@H](N)C(F)(F)F)cc1C. The molecular formula is C10H12F3N. The minimum Gasteiger partial charge on any atom is -0.316 e. The van der Waals surface area contributed by atoms with E-state index in [1.807, 2.05) is 6.92 Å². The van der Waals surface area contributed by atoms with E-state index in [0.29, 0.717) is 0 Å². The summed E-state index contributed by atoms with van der Waals surface area (Å²) in [5.41, 5.74) is 6.96. The van der Waals surface area contributed by atoms with Crippen LogP contribution < -0.4 is 5.73 Å². The van der Waals surface area contributed by atoms with Crippen LogP contribution in [0.5, 0.6) is 0 Å². The van der Waals surface area contributed by atoms with Crippen molar-refractivity contribution in [3.05, 3.63) is 34.9 Å². The van der Waals surface area contributed by atoms with Gasteiger partial charge in [0.2, 0.25) is 0 Å². The molecule has 0 spiro atoms. The van der Waals surface area contributed by atoms with Gasteiger partial charge in [-0.1, -0.05) is 18.2 Å². The maximum absolute atomic E-state index is 12.2. The van der Waals surface area contributed by atoms with E-state index in [9.17, 15) is 13.2 Å². The van der Waals surface area contributed by atoms with Crippen LogP contribution in [0.15, 0.2) is 18.2 Å². The fraction of sp³-hybridized carbons (Fsp3) is 0.400. The van der Waals surface area contributed by atoms with Gasteiger partial charge < -0.3 is 5.73 Å². The first-order valence-electron chi connectivity index (χ1n) is 4.22. The summed E-state index contributed by atoms with van der Waals surface area (Å²) in [7, 11) is 0. The van der Waals surface area contributed by atoms with Crippen molar-refractivity contribution >= 4 is 0 Å². The Hall–Kier alpha value is -1.03. The molecule has 0 unspecified atom stereocenters. The van der Waals surface area contributed by atoms with E-state index in [1.165, 1.54) is 12.1 Å². The molecular weight excluding hydrogens is 191 g/mol. The van der Waals surface area contributed by atoms with Crippen molar-refractivity contribution in [3.8, 4) is 0 Å². The topological polar surface area (TPSA) is 26.0 Å². The average Bonchev–Trinajstić information content (AvgIpc) is 2.07. The lowest BCUT2D eigenvalue weighted by molar-refractivity contribution is -0.149. The van der Waals surface area contributed by atoms with Crippen molar-refractivity contribution in [2.75, 3.05) is 0 Å². The summed E-state index contributed by atoms with van der Waals surface area (Å²) in [4.78, 5) is 0. The largest absolute Gasteiger partial charge is 0.407 e. The highest BCUT2D eigenvalue weighted by Gasteiger charge is 2.37. The third-order valence-corrected chi connectivity index (χ3v) is 2.24. The fourth-order valence-corrected chi connectivity index (χ4v) is 1.15. The second-order valence-electron chi connectivity index (χ2n) is 3.36. The first-order valence-corrected chi connectivity index (χ1v) is 4.22. The van der Waals surface area contributed by atoms with E-state index in [4.69, 9.17) is 5.73 Å². The minimum atomic E-state index is -4.37. The van der Waals surface area contributed by atoms with Gasteiger partial charge >= 0.3 is 6.18 Å². The maximum atomic E-state index is 12.2. The van der Waals surface area contributed by atoms with Gasteiger partial charge in [0.05, 0.1) is 0 Å². The Balaban J connectivity index is 3.03. The predicted molar refractivity (Wildman–Crippen MR) is 48.9 cm³/mol. The lowest BCUT2D eigenvalue weighted by Gasteiger charge is -2.16. The van der Waals surface area contributed by atoms with E-state index >= 15 is 0 Å². The Morgan fingerprint density at radius 2 is 1.71 bits per heavy atom. The van der Waals surface area contributed by atoms with Gasteiger partial charge in [-0.15, -0.1) is 0 Å². The summed E-state index contributed by atoms with van der Waals surface area (Å²) < 4.78 is 36.7. The lowest BCUT2D eigenvalue weighted by atomic mass is 10.0. The van der Waals surface area contributed by atoms with Crippen LogP contribution >= 0.6 is 0 Å². The molecule has 0 aliphatic carbocycles. The summed E-state index contributed by atoms with van der Waals surface area (Å²) in [6.07, 6.45) is -4.37. The molecule has 14 heavy (non-hydrogen) atoms. The van der Waals surface area contributed by atoms with Gasteiger partial charge in [-0.05, 0) is 30.5 Å². The molecule has 0 fully saturated rings. The van der Waals surface area contributed by atoms with E-state index in [0.717, 1.165) is 11.1 Å². The molecule has 2 N–H and O–H groups in total. The number of halogens is 3. The second-order valence-corrected chi connectivity index (χ2v) is 3.36. The van der Waals surface area contributed by atoms with Crippen LogP contribution in [-0.2, 0) is 0 Å². The smallest absolute Gasteiger partial charge is 0.316 e.